The maximum Gasteiger partial charge on any atom is 0.310 e. The molecule has 0 aromatic heterocycles. The quantitative estimate of drug-likeness (QED) is 0.332. The third-order valence-electron chi connectivity index (χ3n) is 4.96. The van der Waals surface area contributed by atoms with Gasteiger partial charge in [-0.25, -0.2) is 4.90 Å². The highest BCUT2D eigenvalue weighted by molar-refractivity contribution is 6.23. The van der Waals surface area contributed by atoms with E-state index in [0.29, 0.717) is 32.5 Å². The molecule has 9 nitrogen and oxygen atoms in total. The number of ether oxygens (including phenoxy) is 1. The van der Waals surface area contributed by atoms with E-state index in [9.17, 15) is 24.5 Å². The number of benzene rings is 1. The SMILES string of the molecule is CCOC(=O)C1CCCN(C2CC(=O)N(c3ccccc3[N+](=O)[O-])C2=O)C1. The van der Waals surface area contributed by atoms with Crippen molar-refractivity contribution in [2.45, 2.75) is 32.2 Å². The third kappa shape index (κ3) is 3.68. The van der Waals surface area contributed by atoms with E-state index in [1.165, 1.54) is 18.2 Å². The lowest BCUT2D eigenvalue weighted by molar-refractivity contribution is -0.384. The average Bonchev–Trinajstić information content (AvgIpc) is 2.96. The number of esters is 1. The Kier molecular flexibility index (Phi) is 5.50. The lowest BCUT2D eigenvalue weighted by atomic mass is 9.96. The zero-order valence-electron chi connectivity index (χ0n) is 15.0. The Balaban J connectivity index is 1.80. The van der Waals surface area contributed by atoms with Gasteiger partial charge in [0.2, 0.25) is 5.91 Å². The second kappa shape index (κ2) is 7.83. The van der Waals surface area contributed by atoms with Crippen LogP contribution >= 0.6 is 0 Å². The minimum atomic E-state index is -0.713. The molecule has 1 aromatic rings. The number of anilines is 1. The zero-order valence-corrected chi connectivity index (χ0v) is 15.0. The number of carbonyl (C=O) groups excluding carboxylic acids is 3. The number of hydrogen-bond acceptors (Lipinski definition) is 7. The number of rotatable bonds is 5. The molecule has 2 amide bonds. The maximum absolute atomic E-state index is 12.9. The predicted molar refractivity (Wildman–Crippen MR) is 94.9 cm³/mol. The monoisotopic (exact) mass is 375 g/mol. The summed E-state index contributed by atoms with van der Waals surface area (Å²) < 4.78 is 5.07. The first-order valence-electron chi connectivity index (χ1n) is 8.95. The molecule has 2 fully saturated rings. The van der Waals surface area contributed by atoms with Crippen LogP contribution < -0.4 is 4.90 Å². The van der Waals surface area contributed by atoms with E-state index in [-0.39, 0.29) is 29.7 Å². The van der Waals surface area contributed by atoms with Gasteiger partial charge in [0, 0.05) is 12.6 Å². The molecule has 0 radical (unpaired) electrons. The Morgan fingerprint density at radius 1 is 1.33 bits per heavy atom. The smallest absolute Gasteiger partial charge is 0.310 e. The van der Waals surface area contributed by atoms with Crippen molar-refractivity contribution in [3.05, 3.63) is 34.4 Å². The number of nitro benzene ring substituents is 1. The number of imide groups is 1. The Labute approximate surface area is 156 Å². The summed E-state index contributed by atoms with van der Waals surface area (Å²) in [5, 5.41) is 11.2. The van der Waals surface area contributed by atoms with Gasteiger partial charge < -0.3 is 4.74 Å². The van der Waals surface area contributed by atoms with Crippen molar-refractivity contribution in [1.29, 1.82) is 0 Å². The van der Waals surface area contributed by atoms with Crippen LogP contribution in [-0.2, 0) is 19.1 Å². The normalized spacial score (nSPS) is 23.5. The molecule has 9 heteroatoms. The van der Waals surface area contributed by atoms with Crippen LogP contribution in [0.15, 0.2) is 24.3 Å². The van der Waals surface area contributed by atoms with Crippen molar-refractivity contribution in [2.24, 2.45) is 5.92 Å². The van der Waals surface area contributed by atoms with Crippen molar-refractivity contribution in [2.75, 3.05) is 24.6 Å². The fraction of sp³-hybridized carbons (Fsp3) is 0.500. The van der Waals surface area contributed by atoms with Gasteiger partial charge in [0.25, 0.3) is 11.6 Å². The summed E-state index contributed by atoms with van der Waals surface area (Å²) in [6.45, 7) is 2.96. The van der Waals surface area contributed by atoms with Crippen LogP contribution in [0.1, 0.15) is 26.2 Å². The van der Waals surface area contributed by atoms with Gasteiger partial charge in [-0.3, -0.25) is 29.4 Å². The Hall–Kier alpha value is -2.81. The molecule has 27 heavy (non-hydrogen) atoms. The Morgan fingerprint density at radius 3 is 2.78 bits per heavy atom. The lowest BCUT2D eigenvalue weighted by Gasteiger charge is -2.34. The van der Waals surface area contributed by atoms with Crippen LogP contribution in [0.3, 0.4) is 0 Å². The van der Waals surface area contributed by atoms with Gasteiger partial charge in [-0.2, -0.15) is 0 Å². The predicted octanol–water partition coefficient (Wildman–Crippen LogP) is 1.50. The highest BCUT2D eigenvalue weighted by Gasteiger charge is 2.46. The number of carbonyl (C=O) groups is 3. The molecule has 144 valence electrons. The summed E-state index contributed by atoms with van der Waals surface area (Å²) in [5.74, 6) is -1.59. The summed E-state index contributed by atoms with van der Waals surface area (Å²) in [6.07, 6.45) is 1.34. The van der Waals surface area contributed by atoms with E-state index < -0.39 is 22.8 Å². The van der Waals surface area contributed by atoms with E-state index in [2.05, 4.69) is 0 Å². The Morgan fingerprint density at radius 2 is 2.07 bits per heavy atom. The molecular weight excluding hydrogens is 354 g/mol. The number of piperidine rings is 1. The summed E-state index contributed by atoms with van der Waals surface area (Å²) in [6, 6.07) is 4.98. The standard InChI is InChI=1S/C18H21N3O6/c1-2-27-18(24)12-6-5-9-19(11-12)15-10-16(22)20(17(15)23)13-7-3-4-8-14(13)21(25)26/h3-4,7-8,12,15H,2,5-6,9-11H2,1H3. The zero-order chi connectivity index (χ0) is 19.6. The maximum atomic E-state index is 12.9. The van der Waals surface area contributed by atoms with E-state index in [4.69, 9.17) is 4.74 Å². The van der Waals surface area contributed by atoms with Crippen molar-refractivity contribution >= 4 is 29.2 Å². The number of amides is 2. The molecule has 2 saturated heterocycles. The summed E-state index contributed by atoms with van der Waals surface area (Å²) in [5.41, 5.74) is -0.304. The second-order valence-corrected chi connectivity index (χ2v) is 6.62. The number of hydrogen-bond donors (Lipinski definition) is 0. The van der Waals surface area contributed by atoms with E-state index in [0.717, 1.165) is 4.90 Å². The molecule has 2 aliphatic heterocycles. The van der Waals surface area contributed by atoms with Gasteiger partial charge >= 0.3 is 5.97 Å². The molecule has 2 unspecified atom stereocenters. The van der Waals surface area contributed by atoms with Crippen molar-refractivity contribution in [3.63, 3.8) is 0 Å². The topological polar surface area (TPSA) is 110 Å². The first-order chi connectivity index (χ1) is 12.9. The summed E-state index contributed by atoms with van der Waals surface area (Å²) >= 11 is 0. The lowest BCUT2D eigenvalue weighted by Crippen LogP contribution is -2.48. The van der Waals surface area contributed by atoms with Crippen molar-refractivity contribution in [3.8, 4) is 0 Å². The fourth-order valence-electron chi connectivity index (χ4n) is 3.70. The number of likely N-dealkylation sites (tertiary alicyclic amines) is 1. The number of nitro groups is 1. The highest BCUT2D eigenvalue weighted by atomic mass is 16.6. The van der Waals surface area contributed by atoms with E-state index in [1.54, 1.807) is 13.0 Å². The van der Waals surface area contributed by atoms with Crippen LogP contribution in [0.2, 0.25) is 0 Å². The van der Waals surface area contributed by atoms with Crippen LogP contribution in [0.5, 0.6) is 0 Å². The van der Waals surface area contributed by atoms with E-state index >= 15 is 0 Å². The second-order valence-electron chi connectivity index (χ2n) is 6.62. The molecule has 0 saturated carbocycles. The van der Waals surface area contributed by atoms with Gasteiger partial charge in [0.05, 0.1) is 29.9 Å². The molecule has 2 aliphatic rings. The molecule has 0 bridgehead atoms. The Bertz CT molecular complexity index is 780. The van der Waals surface area contributed by atoms with Gasteiger partial charge in [0.1, 0.15) is 5.69 Å². The van der Waals surface area contributed by atoms with Gasteiger partial charge in [-0.05, 0) is 32.4 Å². The van der Waals surface area contributed by atoms with Crippen LogP contribution in [-0.4, -0.2) is 53.3 Å². The number of para-hydroxylation sites is 2. The number of nitrogens with zero attached hydrogens (tertiary/aromatic N) is 3. The molecule has 2 atom stereocenters. The molecule has 0 aliphatic carbocycles. The molecular formula is C18H21N3O6. The first-order valence-corrected chi connectivity index (χ1v) is 8.95. The minimum absolute atomic E-state index is 0.0149. The largest absolute Gasteiger partial charge is 0.466 e. The third-order valence-corrected chi connectivity index (χ3v) is 4.96. The summed E-state index contributed by atoms with van der Waals surface area (Å²) in [4.78, 5) is 50.8. The van der Waals surface area contributed by atoms with Gasteiger partial charge in [-0.15, -0.1) is 0 Å². The van der Waals surface area contributed by atoms with Gasteiger partial charge in [0.15, 0.2) is 0 Å². The molecule has 2 heterocycles. The van der Waals surface area contributed by atoms with Crippen molar-refractivity contribution in [1.82, 2.24) is 4.90 Å². The minimum Gasteiger partial charge on any atom is -0.466 e. The average molecular weight is 375 g/mol. The summed E-state index contributed by atoms with van der Waals surface area (Å²) in [7, 11) is 0. The van der Waals surface area contributed by atoms with Crippen molar-refractivity contribution < 1.29 is 24.0 Å². The molecule has 0 spiro atoms. The molecule has 3 rings (SSSR count). The highest BCUT2D eigenvalue weighted by Crippen LogP contribution is 2.34. The van der Waals surface area contributed by atoms with Crippen LogP contribution in [0.4, 0.5) is 11.4 Å². The molecule has 1 aromatic carbocycles. The van der Waals surface area contributed by atoms with Gasteiger partial charge in [-0.1, -0.05) is 12.1 Å². The van der Waals surface area contributed by atoms with Crippen LogP contribution in [0.25, 0.3) is 0 Å². The van der Waals surface area contributed by atoms with E-state index in [1.807, 2.05) is 4.90 Å². The molecule has 0 N–H and O–H groups in total. The van der Waals surface area contributed by atoms with Crippen LogP contribution in [0, 0.1) is 16.0 Å². The fourth-order valence-corrected chi connectivity index (χ4v) is 3.70. The first kappa shape index (κ1) is 19.0.